The fourth-order valence-corrected chi connectivity index (χ4v) is 2.24. The normalized spacial score (nSPS) is 11.2. The van der Waals surface area contributed by atoms with Crippen LogP contribution in [0.1, 0.15) is 44.4 Å². The summed E-state index contributed by atoms with van der Waals surface area (Å²) in [5.74, 6) is 0.455. The molecule has 0 aliphatic carbocycles. The summed E-state index contributed by atoms with van der Waals surface area (Å²) in [5.41, 5.74) is 4.81. The zero-order chi connectivity index (χ0) is 13.1. The van der Waals surface area contributed by atoms with Crippen molar-refractivity contribution in [1.29, 1.82) is 0 Å². The van der Waals surface area contributed by atoms with Gasteiger partial charge in [0.05, 0.1) is 5.52 Å². The van der Waals surface area contributed by atoms with Crippen molar-refractivity contribution in [2.75, 3.05) is 12.4 Å². The van der Waals surface area contributed by atoms with Crippen LogP contribution in [-0.2, 0) is 6.42 Å². The highest BCUT2D eigenvalue weighted by atomic mass is 14.8. The van der Waals surface area contributed by atoms with Crippen LogP contribution in [0.15, 0.2) is 24.3 Å². The average molecular weight is 242 g/mol. The Morgan fingerprint density at radius 3 is 2.61 bits per heavy atom. The van der Waals surface area contributed by atoms with Gasteiger partial charge in [0.1, 0.15) is 0 Å². The first kappa shape index (κ1) is 12.9. The van der Waals surface area contributed by atoms with Crippen molar-refractivity contribution < 1.29 is 0 Å². The van der Waals surface area contributed by atoms with E-state index in [0.717, 1.165) is 17.6 Å². The van der Waals surface area contributed by atoms with Gasteiger partial charge in [0.2, 0.25) is 0 Å². The summed E-state index contributed by atoms with van der Waals surface area (Å²) >= 11 is 0. The van der Waals surface area contributed by atoms with Gasteiger partial charge < -0.3 is 5.32 Å². The maximum Gasteiger partial charge on any atom is 0.0726 e. The van der Waals surface area contributed by atoms with Gasteiger partial charge in [-0.05, 0) is 36.1 Å². The van der Waals surface area contributed by atoms with Crippen molar-refractivity contribution in [3.05, 3.63) is 35.5 Å². The topological polar surface area (TPSA) is 24.9 Å². The second-order valence-electron chi connectivity index (χ2n) is 5.10. The fourth-order valence-electron chi connectivity index (χ4n) is 2.24. The summed E-state index contributed by atoms with van der Waals surface area (Å²) < 4.78 is 0. The number of benzene rings is 1. The lowest BCUT2D eigenvalue weighted by Gasteiger charge is -2.12. The number of rotatable bonds is 4. The highest BCUT2D eigenvalue weighted by Gasteiger charge is 2.08. The minimum atomic E-state index is 0.455. The van der Waals surface area contributed by atoms with Crippen molar-refractivity contribution in [3.63, 3.8) is 0 Å². The first-order chi connectivity index (χ1) is 8.65. The second-order valence-corrected chi connectivity index (χ2v) is 5.10. The van der Waals surface area contributed by atoms with Crippen LogP contribution in [0.2, 0.25) is 0 Å². The molecule has 2 nitrogen and oxygen atoms in total. The summed E-state index contributed by atoms with van der Waals surface area (Å²) in [7, 11) is 1.98. The number of hydrogen-bond acceptors (Lipinski definition) is 2. The number of pyridine rings is 1. The highest BCUT2D eigenvalue weighted by molar-refractivity contribution is 5.92. The molecule has 1 N–H and O–H groups in total. The van der Waals surface area contributed by atoms with E-state index in [0.29, 0.717) is 5.92 Å². The van der Waals surface area contributed by atoms with E-state index in [1.54, 1.807) is 0 Å². The number of aromatic nitrogens is 1. The van der Waals surface area contributed by atoms with E-state index < -0.39 is 0 Å². The lowest BCUT2D eigenvalue weighted by atomic mass is 10.0. The molecule has 0 saturated heterocycles. The molecule has 2 heteroatoms. The Hall–Kier alpha value is -1.57. The molecular weight excluding hydrogens is 220 g/mol. The van der Waals surface area contributed by atoms with Crippen LogP contribution >= 0.6 is 0 Å². The van der Waals surface area contributed by atoms with Crippen LogP contribution < -0.4 is 5.32 Å². The van der Waals surface area contributed by atoms with Crippen LogP contribution in [0.5, 0.6) is 0 Å². The molecule has 2 aromatic rings. The van der Waals surface area contributed by atoms with Crippen LogP contribution in [0.4, 0.5) is 5.69 Å². The lowest BCUT2D eigenvalue weighted by Crippen LogP contribution is -1.98. The van der Waals surface area contributed by atoms with E-state index in [9.17, 15) is 0 Å². The molecular formula is C16H22N2. The van der Waals surface area contributed by atoms with Gasteiger partial charge in [-0.25, -0.2) is 0 Å². The molecule has 0 aliphatic heterocycles. The van der Waals surface area contributed by atoms with E-state index >= 15 is 0 Å². The lowest BCUT2D eigenvalue weighted by molar-refractivity contribution is 0.830. The van der Waals surface area contributed by atoms with Crippen molar-refractivity contribution in [2.45, 2.75) is 39.5 Å². The van der Waals surface area contributed by atoms with E-state index in [-0.39, 0.29) is 0 Å². The Morgan fingerprint density at radius 2 is 2.00 bits per heavy atom. The molecule has 1 heterocycles. The number of hydrogen-bond donors (Lipinski definition) is 1. The summed E-state index contributed by atoms with van der Waals surface area (Å²) in [4.78, 5) is 4.74. The second kappa shape index (κ2) is 5.38. The Labute approximate surface area is 109 Å². The summed E-state index contributed by atoms with van der Waals surface area (Å²) in [6.45, 7) is 6.57. The Kier molecular flexibility index (Phi) is 3.85. The van der Waals surface area contributed by atoms with Crippen LogP contribution in [0, 0.1) is 0 Å². The molecule has 1 aromatic heterocycles. The third kappa shape index (κ3) is 2.47. The molecule has 0 amide bonds. The molecule has 96 valence electrons. The van der Waals surface area contributed by atoms with Gasteiger partial charge >= 0.3 is 0 Å². The first-order valence-corrected chi connectivity index (χ1v) is 6.77. The molecule has 1 aromatic carbocycles. The monoisotopic (exact) mass is 242 g/mol. The van der Waals surface area contributed by atoms with E-state index in [1.165, 1.54) is 23.1 Å². The van der Waals surface area contributed by atoms with Gasteiger partial charge in [-0.15, -0.1) is 0 Å². The van der Waals surface area contributed by atoms with Crippen LogP contribution in [0.3, 0.4) is 0 Å². The molecule has 0 radical (unpaired) electrons. The molecule has 2 rings (SSSR count). The molecule has 0 saturated carbocycles. The zero-order valence-electron chi connectivity index (χ0n) is 11.7. The van der Waals surface area contributed by atoms with Crippen molar-refractivity contribution in [2.24, 2.45) is 0 Å². The predicted molar refractivity (Wildman–Crippen MR) is 79.4 cm³/mol. The number of anilines is 1. The van der Waals surface area contributed by atoms with Crippen molar-refractivity contribution >= 4 is 16.6 Å². The van der Waals surface area contributed by atoms with Crippen LogP contribution in [-0.4, -0.2) is 12.0 Å². The van der Waals surface area contributed by atoms with Gasteiger partial charge in [0.25, 0.3) is 0 Å². The zero-order valence-corrected chi connectivity index (χ0v) is 11.7. The minimum Gasteiger partial charge on any atom is -0.388 e. The van der Waals surface area contributed by atoms with Gasteiger partial charge in [-0.3, -0.25) is 4.98 Å². The Balaban J connectivity index is 2.60. The maximum absolute atomic E-state index is 4.74. The highest BCUT2D eigenvalue weighted by Crippen LogP contribution is 2.27. The average Bonchev–Trinajstić information content (AvgIpc) is 2.37. The quantitative estimate of drug-likeness (QED) is 0.862. The summed E-state index contributed by atoms with van der Waals surface area (Å²) in [6, 6.07) is 8.78. The smallest absolute Gasteiger partial charge is 0.0726 e. The SMILES string of the molecule is CCCc1ccc2nc(C(C)C)cc(NC)c2c1. The van der Waals surface area contributed by atoms with E-state index in [4.69, 9.17) is 4.98 Å². The first-order valence-electron chi connectivity index (χ1n) is 6.77. The molecule has 0 bridgehead atoms. The van der Waals surface area contributed by atoms with E-state index in [1.807, 2.05) is 7.05 Å². The standard InChI is InChI=1S/C16H22N2/c1-5-6-12-7-8-14-13(9-12)16(17-4)10-15(18-14)11(2)3/h7-11H,5-6H2,1-4H3,(H,17,18). The van der Waals surface area contributed by atoms with Crippen LogP contribution in [0.25, 0.3) is 10.9 Å². The summed E-state index contributed by atoms with van der Waals surface area (Å²) in [5, 5.41) is 4.52. The molecule has 0 spiro atoms. The number of nitrogens with zero attached hydrogens (tertiary/aromatic N) is 1. The summed E-state index contributed by atoms with van der Waals surface area (Å²) in [6.07, 6.45) is 2.31. The van der Waals surface area contributed by atoms with E-state index in [2.05, 4.69) is 50.4 Å². The number of fused-ring (bicyclic) bond motifs is 1. The fraction of sp³-hybridized carbons (Fsp3) is 0.438. The number of aryl methyl sites for hydroxylation is 1. The third-order valence-electron chi connectivity index (χ3n) is 3.29. The molecule has 0 fully saturated rings. The number of nitrogens with one attached hydrogen (secondary N) is 1. The van der Waals surface area contributed by atoms with Gasteiger partial charge in [-0.2, -0.15) is 0 Å². The van der Waals surface area contributed by atoms with Crippen molar-refractivity contribution in [1.82, 2.24) is 4.98 Å². The molecule has 0 aliphatic rings. The van der Waals surface area contributed by atoms with Gasteiger partial charge in [0, 0.05) is 23.8 Å². The molecule has 0 atom stereocenters. The minimum absolute atomic E-state index is 0.455. The largest absolute Gasteiger partial charge is 0.388 e. The molecule has 0 unspecified atom stereocenters. The Bertz CT molecular complexity index is 544. The Morgan fingerprint density at radius 1 is 1.22 bits per heavy atom. The maximum atomic E-state index is 4.74. The molecule has 18 heavy (non-hydrogen) atoms. The predicted octanol–water partition coefficient (Wildman–Crippen LogP) is 4.35. The van der Waals surface area contributed by atoms with Gasteiger partial charge in [0.15, 0.2) is 0 Å². The van der Waals surface area contributed by atoms with Crippen molar-refractivity contribution in [3.8, 4) is 0 Å². The van der Waals surface area contributed by atoms with Gasteiger partial charge in [-0.1, -0.05) is 33.3 Å². The third-order valence-corrected chi connectivity index (χ3v) is 3.29.